The first kappa shape index (κ1) is 12.2. The highest BCUT2D eigenvalue weighted by Crippen LogP contribution is 2.36. The number of nitrogens with one attached hydrogen (secondary N) is 1. The van der Waals surface area contributed by atoms with E-state index in [0.717, 1.165) is 31.4 Å². The van der Waals surface area contributed by atoms with Crippen LogP contribution in [0.4, 0.5) is 0 Å². The Kier molecular flexibility index (Phi) is 3.47. The summed E-state index contributed by atoms with van der Waals surface area (Å²) in [5.41, 5.74) is -1.15. The van der Waals surface area contributed by atoms with E-state index in [9.17, 15) is 15.0 Å². The van der Waals surface area contributed by atoms with Gasteiger partial charge in [-0.25, -0.2) is 0 Å². The molecule has 1 saturated carbocycles. The standard InChI is InChI=1S/C11H19NO3S/c13-7-10(3-1-2-4-10)12-11(9(14)15)5-6-16-8-11/h12-13H,1-8H2,(H,14,15). The third-order valence-corrected chi connectivity index (χ3v) is 4.99. The van der Waals surface area contributed by atoms with E-state index in [-0.39, 0.29) is 12.1 Å². The minimum absolute atomic E-state index is 0.0483. The van der Waals surface area contributed by atoms with Crippen molar-refractivity contribution < 1.29 is 15.0 Å². The van der Waals surface area contributed by atoms with Crippen molar-refractivity contribution in [3.05, 3.63) is 0 Å². The molecule has 0 spiro atoms. The van der Waals surface area contributed by atoms with Gasteiger partial charge < -0.3 is 10.2 Å². The summed E-state index contributed by atoms with van der Waals surface area (Å²) in [7, 11) is 0. The highest BCUT2D eigenvalue weighted by molar-refractivity contribution is 7.99. The van der Waals surface area contributed by atoms with Crippen molar-refractivity contribution in [2.45, 2.75) is 43.2 Å². The summed E-state index contributed by atoms with van der Waals surface area (Å²) in [6.07, 6.45) is 4.61. The largest absolute Gasteiger partial charge is 0.480 e. The van der Waals surface area contributed by atoms with E-state index in [4.69, 9.17) is 0 Å². The molecule has 1 aliphatic heterocycles. The molecule has 16 heavy (non-hydrogen) atoms. The molecule has 4 nitrogen and oxygen atoms in total. The van der Waals surface area contributed by atoms with E-state index in [1.807, 2.05) is 0 Å². The van der Waals surface area contributed by atoms with Crippen LogP contribution in [0, 0.1) is 0 Å². The van der Waals surface area contributed by atoms with E-state index in [1.54, 1.807) is 11.8 Å². The van der Waals surface area contributed by atoms with E-state index < -0.39 is 11.5 Å². The molecule has 0 aromatic heterocycles. The number of carboxylic acid groups (broad SMARTS) is 1. The summed E-state index contributed by atoms with van der Waals surface area (Å²) in [6, 6.07) is 0. The lowest BCUT2D eigenvalue weighted by atomic mass is 9.90. The maximum Gasteiger partial charge on any atom is 0.324 e. The number of rotatable bonds is 4. The van der Waals surface area contributed by atoms with Crippen molar-refractivity contribution >= 4 is 17.7 Å². The number of thioether (sulfide) groups is 1. The zero-order valence-electron chi connectivity index (χ0n) is 9.37. The second-order valence-corrected chi connectivity index (χ2v) is 6.07. The zero-order chi connectivity index (χ0) is 11.6. The van der Waals surface area contributed by atoms with E-state index in [2.05, 4.69) is 5.32 Å². The molecular weight excluding hydrogens is 226 g/mol. The van der Waals surface area contributed by atoms with Crippen LogP contribution < -0.4 is 5.32 Å². The molecular formula is C11H19NO3S. The van der Waals surface area contributed by atoms with Crippen LogP contribution in [0.3, 0.4) is 0 Å². The summed E-state index contributed by atoms with van der Waals surface area (Å²) in [4.78, 5) is 11.4. The van der Waals surface area contributed by atoms with Crippen LogP contribution in [0.1, 0.15) is 32.1 Å². The van der Waals surface area contributed by atoms with Crippen LogP contribution in [-0.4, -0.2) is 45.4 Å². The van der Waals surface area contributed by atoms with Gasteiger partial charge in [0.15, 0.2) is 0 Å². The highest BCUT2D eigenvalue weighted by atomic mass is 32.2. The van der Waals surface area contributed by atoms with Crippen LogP contribution >= 0.6 is 11.8 Å². The molecule has 0 aromatic carbocycles. The van der Waals surface area contributed by atoms with Crippen LogP contribution in [-0.2, 0) is 4.79 Å². The molecule has 1 heterocycles. The molecule has 1 saturated heterocycles. The summed E-state index contributed by atoms with van der Waals surface area (Å²) in [5, 5.41) is 22.2. The SMILES string of the molecule is O=C(O)C1(NC2(CO)CCCC2)CCSC1. The summed E-state index contributed by atoms with van der Waals surface area (Å²) >= 11 is 1.68. The van der Waals surface area contributed by atoms with Crippen LogP contribution in [0.2, 0.25) is 0 Å². The molecule has 0 aromatic rings. The van der Waals surface area contributed by atoms with Gasteiger partial charge in [-0.3, -0.25) is 10.1 Å². The summed E-state index contributed by atoms with van der Waals surface area (Å²) < 4.78 is 0. The number of carboxylic acids is 1. The number of hydrogen-bond acceptors (Lipinski definition) is 4. The smallest absolute Gasteiger partial charge is 0.324 e. The molecule has 2 fully saturated rings. The first-order valence-corrected chi connectivity index (χ1v) is 6.99. The average Bonchev–Trinajstić information content (AvgIpc) is 2.89. The van der Waals surface area contributed by atoms with Gasteiger partial charge in [0.05, 0.1) is 6.61 Å². The van der Waals surface area contributed by atoms with Crippen LogP contribution in [0.5, 0.6) is 0 Å². The van der Waals surface area contributed by atoms with Crippen molar-refractivity contribution in [2.75, 3.05) is 18.1 Å². The minimum atomic E-state index is -0.808. The molecule has 3 N–H and O–H groups in total. The number of carbonyl (C=O) groups is 1. The predicted octanol–water partition coefficient (Wildman–Crippen LogP) is 0.841. The Morgan fingerprint density at radius 3 is 2.44 bits per heavy atom. The van der Waals surface area contributed by atoms with Gasteiger partial charge >= 0.3 is 5.97 Å². The summed E-state index contributed by atoms with van der Waals surface area (Å²) in [6.45, 7) is 0.0483. The Morgan fingerprint density at radius 2 is 2.00 bits per heavy atom. The average molecular weight is 245 g/mol. The number of aliphatic hydroxyl groups excluding tert-OH is 1. The fraction of sp³-hybridized carbons (Fsp3) is 0.909. The van der Waals surface area contributed by atoms with Gasteiger partial charge in [0.2, 0.25) is 0 Å². The van der Waals surface area contributed by atoms with E-state index in [0.29, 0.717) is 12.2 Å². The number of hydrogen-bond donors (Lipinski definition) is 3. The van der Waals surface area contributed by atoms with E-state index >= 15 is 0 Å². The van der Waals surface area contributed by atoms with Crippen molar-refractivity contribution in [3.63, 3.8) is 0 Å². The van der Waals surface area contributed by atoms with Crippen molar-refractivity contribution in [2.24, 2.45) is 0 Å². The normalized spacial score (nSPS) is 33.1. The van der Waals surface area contributed by atoms with Crippen LogP contribution in [0.25, 0.3) is 0 Å². The molecule has 0 radical (unpaired) electrons. The molecule has 0 bridgehead atoms. The first-order chi connectivity index (χ1) is 7.63. The van der Waals surface area contributed by atoms with Gasteiger partial charge in [-0.05, 0) is 25.0 Å². The van der Waals surface area contributed by atoms with Crippen LogP contribution in [0.15, 0.2) is 0 Å². The Bertz CT molecular complexity index is 270. The fourth-order valence-electron chi connectivity index (χ4n) is 2.77. The van der Waals surface area contributed by atoms with Crippen molar-refractivity contribution in [1.82, 2.24) is 5.32 Å². The third kappa shape index (κ3) is 2.08. The van der Waals surface area contributed by atoms with E-state index in [1.165, 1.54) is 0 Å². The van der Waals surface area contributed by atoms with Gasteiger partial charge in [-0.15, -0.1) is 0 Å². The monoisotopic (exact) mass is 245 g/mol. The first-order valence-electron chi connectivity index (χ1n) is 5.84. The lowest BCUT2D eigenvalue weighted by molar-refractivity contribution is -0.145. The Morgan fingerprint density at radius 1 is 1.31 bits per heavy atom. The Balaban J connectivity index is 2.13. The van der Waals surface area contributed by atoms with Gasteiger partial charge in [0.25, 0.3) is 0 Å². The molecule has 0 amide bonds. The number of aliphatic hydroxyl groups is 1. The lowest BCUT2D eigenvalue weighted by Gasteiger charge is -2.37. The molecule has 5 heteroatoms. The second-order valence-electron chi connectivity index (χ2n) is 4.96. The molecule has 1 unspecified atom stereocenters. The fourth-order valence-corrected chi connectivity index (χ4v) is 4.09. The zero-order valence-corrected chi connectivity index (χ0v) is 10.2. The molecule has 1 aliphatic carbocycles. The van der Waals surface area contributed by atoms with Gasteiger partial charge in [0.1, 0.15) is 5.54 Å². The molecule has 92 valence electrons. The topological polar surface area (TPSA) is 69.6 Å². The third-order valence-electron chi connectivity index (χ3n) is 3.80. The maximum absolute atomic E-state index is 11.4. The quantitative estimate of drug-likeness (QED) is 0.685. The number of aliphatic carboxylic acids is 1. The molecule has 1 atom stereocenters. The highest BCUT2D eigenvalue weighted by Gasteiger charge is 2.48. The molecule has 2 aliphatic rings. The second kappa shape index (κ2) is 4.55. The van der Waals surface area contributed by atoms with Gasteiger partial charge in [-0.2, -0.15) is 11.8 Å². The Labute approximate surface area is 99.8 Å². The van der Waals surface area contributed by atoms with Gasteiger partial charge in [0, 0.05) is 11.3 Å². The van der Waals surface area contributed by atoms with Crippen molar-refractivity contribution in [1.29, 1.82) is 0 Å². The maximum atomic E-state index is 11.4. The van der Waals surface area contributed by atoms with Crippen molar-refractivity contribution in [3.8, 4) is 0 Å². The summed E-state index contributed by atoms with van der Waals surface area (Å²) in [5.74, 6) is 0.738. The van der Waals surface area contributed by atoms with Gasteiger partial charge in [-0.1, -0.05) is 12.8 Å². The predicted molar refractivity (Wildman–Crippen MR) is 63.7 cm³/mol. The minimum Gasteiger partial charge on any atom is -0.480 e. The molecule has 2 rings (SSSR count). The lowest BCUT2D eigenvalue weighted by Crippen LogP contribution is -2.62. The Hall–Kier alpha value is -0.260.